The summed E-state index contributed by atoms with van der Waals surface area (Å²) >= 11 is 0. The number of aromatic nitrogens is 1. The van der Waals surface area contributed by atoms with Gasteiger partial charge in [-0.15, -0.1) is 0 Å². The highest BCUT2D eigenvalue weighted by molar-refractivity contribution is 5.84. The van der Waals surface area contributed by atoms with E-state index < -0.39 is 0 Å². The number of nitrogens with one attached hydrogen (secondary N) is 1. The molecule has 1 aromatic carbocycles. The van der Waals surface area contributed by atoms with E-state index >= 15 is 0 Å². The predicted molar refractivity (Wildman–Crippen MR) is 117 cm³/mol. The van der Waals surface area contributed by atoms with E-state index in [-0.39, 0.29) is 0 Å². The lowest BCUT2D eigenvalue weighted by Gasteiger charge is -2.62. The summed E-state index contributed by atoms with van der Waals surface area (Å²) < 4.78 is 2.59. The minimum atomic E-state index is 0.571. The molecule has 1 N–H and O–H groups in total. The molecule has 152 valence electrons. The SMILES string of the molecule is C[C@H]1C(NCc2cn(C3CCN(C)CC3)c3ccccc23)C[C@@H]2C[C@H]1C2(C)C. The lowest BCUT2D eigenvalue weighted by Crippen LogP contribution is -2.59. The van der Waals surface area contributed by atoms with Crippen LogP contribution in [0.5, 0.6) is 0 Å². The number of hydrogen-bond acceptors (Lipinski definition) is 2. The van der Waals surface area contributed by atoms with Crippen LogP contribution < -0.4 is 5.32 Å². The van der Waals surface area contributed by atoms with Gasteiger partial charge in [-0.05, 0) is 80.6 Å². The maximum absolute atomic E-state index is 3.98. The van der Waals surface area contributed by atoms with Crippen LogP contribution in [0, 0.1) is 23.2 Å². The number of fused-ring (bicyclic) bond motifs is 3. The Morgan fingerprint density at radius 3 is 2.57 bits per heavy atom. The fourth-order valence-corrected chi connectivity index (χ4v) is 6.65. The fourth-order valence-electron chi connectivity index (χ4n) is 6.65. The molecule has 3 nitrogen and oxygen atoms in total. The third kappa shape index (κ3) is 2.93. The molecule has 1 unspecified atom stereocenters. The Kier molecular flexibility index (Phi) is 4.59. The van der Waals surface area contributed by atoms with Crippen molar-refractivity contribution in [3.05, 3.63) is 36.0 Å². The van der Waals surface area contributed by atoms with Gasteiger partial charge < -0.3 is 14.8 Å². The molecule has 2 aromatic rings. The smallest absolute Gasteiger partial charge is 0.0486 e. The summed E-state index contributed by atoms with van der Waals surface area (Å²) in [5.41, 5.74) is 3.48. The minimum absolute atomic E-state index is 0.571. The zero-order chi connectivity index (χ0) is 19.5. The topological polar surface area (TPSA) is 20.2 Å². The number of piperidine rings is 1. The van der Waals surface area contributed by atoms with Crippen molar-refractivity contribution in [2.24, 2.45) is 23.2 Å². The van der Waals surface area contributed by atoms with E-state index in [9.17, 15) is 0 Å². The van der Waals surface area contributed by atoms with Gasteiger partial charge in [0, 0.05) is 35.7 Å². The van der Waals surface area contributed by atoms with Gasteiger partial charge in [0.2, 0.25) is 0 Å². The monoisotopic (exact) mass is 379 g/mol. The minimum Gasteiger partial charge on any atom is -0.344 e. The molecule has 4 atom stereocenters. The Balaban J connectivity index is 1.34. The number of para-hydroxylation sites is 1. The predicted octanol–water partition coefficient (Wildman–Crippen LogP) is 5.07. The Morgan fingerprint density at radius 1 is 1.11 bits per heavy atom. The van der Waals surface area contributed by atoms with Crippen molar-refractivity contribution >= 4 is 10.9 Å². The van der Waals surface area contributed by atoms with Crippen molar-refractivity contribution in [3.63, 3.8) is 0 Å². The molecule has 1 saturated heterocycles. The fraction of sp³-hybridized carbons (Fsp3) is 0.680. The Morgan fingerprint density at radius 2 is 1.86 bits per heavy atom. The molecule has 3 heteroatoms. The van der Waals surface area contributed by atoms with E-state index in [4.69, 9.17) is 0 Å². The Hall–Kier alpha value is -1.32. The third-order valence-corrected chi connectivity index (χ3v) is 8.81. The van der Waals surface area contributed by atoms with E-state index in [1.807, 2.05) is 0 Å². The molecule has 0 radical (unpaired) electrons. The highest BCUT2D eigenvalue weighted by Crippen LogP contribution is 2.61. The molecule has 0 amide bonds. The first-order chi connectivity index (χ1) is 13.4. The molecule has 1 aromatic heterocycles. The first kappa shape index (κ1) is 18.7. The van der Waals surface area contributed by atoms with Gasteiger partial charge in [-0.25, -0.2) is 0 Å². The number of likely N-dealkylation sites (tertiary alicyclic amines) is 1. The summed E-state index contributed by atoms with van der Waals surface area (Å²) in [5.74, 6) is 2.62. The highest BCUT2D eigenvalue weighted by Gasteiger charge is 2.55. The van der Waals surface area contributed by atoms with Crippen molar-refractivity contribution in [3.8, 4) is 0 Å². The maximum Gasteiger partial charge on any atom is 0.0486 e. The number of benzene rings is 1. The molecule has 4 aliphatic rings. The molecular weight excluding hydrogens is 342 g/mol. The van der Waals surface area contributed by atoms with E-state index in [0.29, 0.717) is 17.5 Å². The standard InChI is InChI=1S/C25H37N3/c1-17-22-13-19(25(22,2)3)14-23(17)26-15-18-16-28(20-9-11-27(4)12-10-20)24-8-6-5-7-21(18)24/h5-8,16-17,19-20,22-23,26H,9-15H2,1-4H3/t17-,19+,22-,23?/m1/s1. The van der Waals surface area contributed by atoms with Crippen LogP contribution >= 0.6 is 0 Å². The van der Waals surface area contributed by atoms with Crippen LogP contribution in [0.1, 0.15) is 58.1 Å². The largest absolute Gasteiger partial charge is 0.344 e. The van der Waals surface area contributed by atoms with Crippen LogP contribution in [0.15, 0.2) is 30.5 Å². The molecule has 4 fully saturated rings. The van der Waals surface area contributed by atoms with Crippen molar-refractivity contribution in [1.82, 2.24) is 14.8 Å². The Bertz CT molecular complexity index is 843. The summed E-state index contributed by atoms with van der Waals surface area (Å²) in [6.45, 7) is 10.9. The zero-order valence-corrected chi connectivity index (χ0v) is 18.1. The summed E-state index contributed by atoms with van der Waals surface area (Å²) in [6.07, 6.45) is 7.81. The van der Waals surface area contributed by atoms with Crippen LogP contribution in [-0.4, -0.2) is 35.6 Å². The molecule has 1 aliphatic heterocycles. The highest BCUT2D eigenvalue weighted by atomic mass is 15.1. The van der Waals surface area contributed by atoms with Gasteiger partial charge in [-0.2, -0.15) is 0 Å². The van der Waals surface area contributed by atoms with Gasteiger partial charge >= 0.3 is 0 Å². The van der Waals surface area contributed by atoms with Gasteiger partial charge in [0.15, 0.2) is 0 Å². The lowest BCUT2D eigenvalue weighted by atomic mass is 9.45. The van der Waals surface area contributed by atoms with E-state index in [2.05, 4.69) is 73.1 Å². The first-order valence-electron chi connectivity index (χ1n) is 11.5. The molecular formula is C25H37N3. The van der Waals surface area contributed by atoms with Crippen LogP contribution in [0.2, 0.25) is 0 Å². The van der Waals surface area contributed by atoms with Gasteiger partial charge in [-0.3, -0.25) is 0 Å². The van der Waals surface area contributed by atoms with Gasteiger partial charge in [0.1, 0.15) is 0 Å². The summed E-state index contributed by atoms with van der Waals surface area (Å²) in [6, 6.07) is 10.4. The van der Waals surface area contributed by atoms with Crippen LogP contribution in [0.4, 0.5) is 0 Å². The summed E-state index contributed by atoms with van der Waals surface area (Å²) in [7, 11) is 2.25. The van der Waals surface area contributed by atoms with Crippen LogP contribution in [0.3, 0.4) is 0 Å². The van der Waals surface area contributed by atoms with Gasteiger partial charge in [0.25, 0.3) is 0 Å². The van der Waals surface area contributed by atoms with E-state index in [0.717, 1.165) is 24.3 Å². The van der Waals surface area contributed by atoms with Crippen molar-refractivity contribution in [1.29, 1.82) is 0 Å². The third-order valence-electron chi connectivity index (χ3n) is 8.81. The second kappa shape index (κ2) is 6.88. The van der Waals surface area contributed by atoms with Crippen molar-refractivity contribution in [2.45, 2.75) is 65.1 Å². The van der Waals surface area contributed by atoms with Crippen LogP contribution in [0.25, 0.3) is 10.9 Å². The number of hydrogen-bond donors (Lipinski definition) is 1. The molecule has 0 spiro atoms. The summed E-state index contributed by atoms with van der Waals surface area (Å²) in [4.78, 5) is 2.46. The molecule has 2 bridgehead atoms. The van der Waals surface area contributed by atoms with Crippen LogP contribution in [-0.2, 0) is 6.54 Å². The first-order valence-corrected chi connectivity index (χ1v) is 11.5. The maximum atomic E-state index is 3.98. The molecule has 3 saturated carbocycles. The average molecular weight is 380 g/mol. The molecule has 3 aliphatic carbocycles. The quantitative estimate of drug-likeness (QED) is 0.800. The lowest BCUT2D eigenvalue weighted by molar-refractivity contribution is -0.115. The van der Waals surface area contributed by atoms with Crippen molar-refractivity contribution < 1.29 is 0 Å². The van der Waals surface area contributed by atoms with E-state index in [1.54, 1.807) is 0 Å². The molecule has 28 heavy (non-hydrogen) atoms. The normalized spacial score (nSPS) is 33.1. The second-order valence-corrected chi connectivity index (χ2v) is 10.6. The number of rotatable bonds is 4. The van der Waals surface area contributed by atoms with Gasteiger partial charge in [-0.1, -0.05) is 39.0 Å². The molecule has 2 heterocycles. The number of nitrogens with zero attached hydrogens (tertiary/aromatic N) is 2. The second-order valence-electron chi connectivity index (χ2n) is 10.6. The van der Waals surface area contributed by atoms with Gasteiger partial charge in [0.05, 0.1) is 0 Å². The van der Waals surface area contributed by atoms with E-state index in [1.165, 1.54) is 55.2 Å². The average Bonchev–Trinajstić information content (AvgIpc) is 3.06. The zero-order valence-electron chi connectivity index (χ0n) is 18.1. The summed E-state index contributed by atoms with van der Waals surface area (Å²) in [5, 5.41) is 5.43. The Labute approximate surface area is 170 Å². The molecule has 6 rings (SSSR count). The van der Waals surface area contributed by atoms with Crippen molar-refractivity contribution in [2.75, 3.05) is 20.1 Å².